The molecule has 0 unspecified atom stereocenters. The van der Waals surface area contributed by atoms with E-state index >= 15 is 0 Å². The van der Waals surface area contributed by atoms with Gasteiger partial charge in [0.2, 0.25) is 0 Å². The number of rotatable bonds is 18. The molecule has 4 aliphatic heterocycles. The van der Waals surface area contributed by atoms with E-state index in [9.17, 15) is 51.1 Å². The summed E-state index contributed by atoms with van der Waals surface area (Å²) < 4.78 is 61.6. The van der Waals surface area contributed by atoms with E-state index in [-0.39, 0.29) is 26.4 Å². The van der Waals surface area contributed by atoms with Crippen LogP contribution in [0.4, 0.5) is 0 Å². The monoisotopic (exact) mass is 778 g/mol. The van der Waals surface area contributed by atoms with Gasteiger partial charge in [0.15, 0.2) is 25.2 Å². The van der Waals surface area contributed by atoms with Gasteiger partial charge in [-0.25, -0.2) is 0 Å². The van der Waals surface area contributed by atoms with Crippen LogP contribution in [0, 0.1) is 0 Å². The molecule has 0 aromatic heterocycles. The van der Waals surface area contributed by atoms with Crippen LogP contribution in [-0.4, -0.2) is 228 Å². The summed E-state index contributed by atoms with van der Waals surface area (Å²) in [5, 5.41) is 106. The smallest absolute Gasteiger partial charge is 0.186 e. The highest BCUT2D eigenvalue weighted by molar-refractivity contribution is 4.95. The van der Waals surface area contributed by atoms with E-state index < -0.39 is 136 Å². The van der Waals surface area contributed by atoms with Crippen LogP contribution in [0.2, 0.25) is 0 Å². The Bertz CT molecular complexity index is 1050. The molecular weight excluding hydrogens is 720 g/mol. The van der Waals surface area contributed by atoms with Crippen LogP contribution in [-0.2, 0) is 52.1 Å². The van der Waals surface area contributed by atoms with Crippen LogP contribution >= 0.6 is 0 Å². The van der Waals surface area contributed by atoms with Crippen LogP contribution in [0.25, 0.3) is 0 Å². The third-order valence-electron chi connectivity index (χ3n) is 9.62. The number of hydrogen-bond donors (Lipinski definition) is 10. The summed E-state index contributed by atoms with van der Waals surface area (Å²) in [4.78, 5) is 0. The lowest BCUT2D eigenvalue weighted by molar-refractivity contribution is -0.350. The van der Waals surface area contributed by atoms with E-state index in [1.807, 2.05) is 6.92 Å². The fourth-order valence-electron chi connectivity index (χ4n) is 6.50. The van der Waals surface area contributed by atoms with Crippen molar-refractivity contribution >= 4 is 0 Å². The van der Waals surface area contributed by atoms with E-state index in [2.05, 4.69) is 0 Å². The third kappa shape index (κ3) is 10.8. The maximum Gasteiger partial charge on any atom is 0.186 e. The first kappa shape index (κ1) is 44.9. The molecule has 0 aromatic rings. The Morgan fingerprint density at radius 1 is 0.415 bits per heavy atom. The number of unbranched alkanes of at least 4 members (excludes halogenated alkanes) is 1. The second-order valence-corrected chi connectivity index (χ2v) is 13.4. The summed E-state index contributed by atoms with van der Waals surface area (Å²) >= 11 is 0. The van der Waals surface area contributed by atoms with Gasteiger partial charge in [-0.05, 0) is 13.3 Å². The molecule has 4 aliphatic rings. The van der Waals surface area contributed by atoms with Gasteiger partial charge in [0, 0.05) is 27.4 Å². The zero-order valence-electron chi connectivity index (χ0n) is 30.2. The molecule has 312 valence electrons. The number of hydrogen-bond acceptors (Lipinski definition) is 21. The number of ether oxygens (including phenoxy) is 11. The fraction of sp³-hybridized carbons (Fsp3) is 1.00. The maximum atomic E-state index is 11.1. The van der Waals surface area contributed by atoms with Crippen molar-refractivity contribution in [3.8, 4) is 0 Å². The Hall–Kier alpha value is -0.840. The van der Waals surface area contributed by atoms with Gasteiger partial charge in [0.05, 0.1) is 26.4 Å². The van der Waals surface area contributed by atoms with Gasteiger partial charge in [-0.15, -0.1) is 0 Å². The van der Waals surface area contributed by atoms with Crippen molar-refractivity contribution < 1.29 is 103 Å². The molecule has 20 atom stereocenters. The molecule has 4 fully saturated rings. The number of methoxy groups -OCH3 is 2. The molecular formula is C32H58O21. The predicted octanol–water partition coefficient (Wildman–Crippen LogP) is -5.57. The Morgan fingerprint density at radius 3 is 1.26 bits per heavy atom. The average Bonchev–Trinajstić information content (AvgIpc) is 3.14. The fourth-order valence-corrected chi connectivity index (χ4v) is 6.50. The van der Waals surface area contributed by atoms with E-state index in [1.54, 1.807) is 6.92 Å². The van der Waals surface area contributed by atoms with Crippen LogP contribution in [0.1, 0.15) is 26.7 Å². The first-order chi connectivity index (χ1) is 25.3. The minimum Gasteiger partial charge on any atom is -0.387 e. The van der Waals surface area contributed by atoms with Gasteiger partial charge >= 0.3 is 0 Å². The molecule has 0 aliphatic carbocycles. The third-order valence-corrected chi connectivity index (χ3v) is 9.62. The summed E-state index contributed by atoms with van der Waals surface area (Å²) in [7, 11) is 2.63. The molecule has 0 spiro atoms. The van der Waals surface area contributed by atoms with Crippen LogP contribution in [0.3, 0.4) is 0 Å². The standard InChI is InChI=1S/C32H58O21/c1-5-7-8-46-28-16(12-49-30-23(39)19(35)17(33)13(50-30)9-43-3)53-32(26(42)22(28)38)47-10-14-18(34)20(36)24(40)31(51-14)48-11-15-27(45-6-2)21(37)25(41)29(44-4)52-15/h13-42H,5-12H2,1-4H3/t13-,14-,15-,16-,17-,18-,19+,20+,21-,22-,23-,24-,25-,26-,27-,28-,29+,30+,31+,32+/m1/s1. The van der Waals surface area contributed by atoms with Crippen molar-refractivity contribution in [3.05, 3.63) is 0 Å². The van der Waals surface area contributed by atoms with Crippen molar-refractivity contribution in [2.24, 2.45) is 0 Å². The van der Waals surface area contributed by atoms with Crippen molar-refractivity contribution in [2.45, 2.75) is 150 Å². The molecule has 21 heteroatoms. The lowest BCUT2D eigenvalue weighted by Crippen LogP contribution is -2.63. The summed E-state index contributed by atoms with van der Waals surface area (Å²) in [6.45, 7) is 2.44. The molecule has 0 saturated carbocycles. The van der Waals surface area contributed by atoms with Gasteiger partial charge in [-0.3, -0.25) is 0 Å². The summed E-state index contributed by atoms with van der Waals surface area (Å²) in [6, 6.07) is 0. The van der Waals surface area contributed by atoms with E-state index in [0.717, 1.165) is 6.42 Å². The molecule has 10 N–H and O–H groups in total. The Kier molecular flexibility index (Phi) is 17.8. The lowest BCUT2D eigenvalue weighted by Gasteiger charge is -2.45. The Labute approximate surface area is 306 Å². The minimum absolute atomic E-state index is 0.120. The van der Waals surface area contributed by atoms with E-state index in [0.29, 0.717) is 6.42 Å². The van der Waals surface area contributed by atoms with Crippen LogP contribution < -0.4 is 0 Å². The number of aliphatic hydroxyl groups is 10. The largest absolute Gasteiger partial charge is 0.387 e. The van der Waals surface area contributed by atoms with Gasteiger partial charge in [-0.1, -0.05) is 13.3 Å². The molecule has 4 saturated heterocycles. The highest BCUT2D eigenvalue weighted by Gasteiger charge is 2.51. The van der Waals surface area contributed by atoms with Crippen molar-refractivity contribution in [1.29, 1.82) is 0 Å². The van der Waals surface area contributed by atoms with Crippen molar-refractivity contribution in [2.75, 3.05) is 53.9 Å². The summed E-state index contributed by atoms with van der Waals surface area (Å²) in [6.07, 6.45) is -27.5. The molecule has 4 heterocycles. The Morgan fingerprint density at radius 2 is 0.811 bits per heavy atom. The molecule has 21 nitrogen and oxygen atoms in total. The molecule has 0 aromatic carbocycles. The van der Waals surface area contributed by atoms with Crippen LogP contribution in [0.5, 0.6) is 0 Å². The van der Waals surface area contributed by atoms with Gasteiger partial charge in [0.25, 0.3) is 0 Å². The van der Waals surface area contributed by atoms with E-state index in [1.165, 1.54) is 14.2 Å². The second kappa shape index (κ2) is 21.1. The predicted molar refractivity (Wildman–Crippen MR) is 172 cm³/mol. The highest BCUT2D eigenvalue weighted by Crippen LogP contribution is 2.30. The quantitative estimate of drug-likeness (QED) is 0.0580. The average molecular weight is 779 g/mol. The lowest BCUT2D eigenvalue weighted by atomic mass is 9.97. The molecule has 53 heavy (non-hydrogen) atoms. The molecule has 0 amide bonds. The van der Waals surface area contributed by atoms with Gasteiger partial charge < -0.3 is 103 Å². The maximum absolute atomic E-state index is 11.1. The molecule has 0 radical (unpaired) electrons. The first-order valence-corrected chi connectivity index (χ1v) is 17.8. The SMILES string of the molecule is CCCCO[C@H]1[C@H](O)[C@@H](O)[C@@H](OC[C@H]2O[C@H](OC[C@H]3O[C@H](OC)[C@H](O)[C@@H](O)[C@@H]3OCC)[C@H](O)[C@@H](O)[C@@H]2O)O[C@@H]1CO[C@H]1O[C@H](COC)[C@@H](O)[C@H](O)[C@H]1O. The molecule has 0 bridgehead atoms. The zero-order valence-corrected chi connectivity index (χ0v) is 30.2. The van der Waals surface area contributed by atoms with Gasteiger partial charge in [0.1, 0.15) is 97.7 Å². The number of aliphatic hydroxyl groups excluding tert-OH is 10. The van der Waals surface area contributed by atoms with Gasteiger partial charge in [-0.2, -0.15) is 0 Å². The second-order valence-electron chi connectivity index (χ2n) is 13.4. The van der Waals surface area contributed by atoms with Crippen molar-refractivity contribution in [1.82, 2.24) is 0 Å². The topological polar surface area (TPSA) is 304 Å². The van der Waals surface area contributed by atoms with E-state index in [4.69, 9.17) is 52.1 Å². The summed E-state index contributed by atoms with van der Waals surface area (Å²) in [5.74, 6) is 0. The highest BCUT2D eigenvalue weighted by atomic mass is 16.8. The summed E-state index contributed by atoms with van der Waals surface area (Å²) in [5.41, 5.74) is 0. The molecule has 4 rings (SSSR count). The normalized spacial score (nSPS) is 46.8. The van der Waals surface area contributed by atoms with Crippen molar-refractivity contribution in [3.63, 3.8) is 0 Å². The zero-order chi connectivity index (χ0) is 39.0. The Balaban J connectivity index is 1.41. The minimum atomic E-state index is -1.80. The first-order valence-electron chi connectivity index (χ1n) is 17.8. The van der Waals surface area contributed by atoms with Crippen LogP contribution in [0.15, 0.2) is 0 Å².